The van der Waals surface area contributed by atoms with Crippen molar-refractivity contribution in [3.8, 4) is 0 Å². The molecule has 0 saturated carbocycles. The van der Waals surface area contributed by atoms with Crippen LogP contribution in [0.5, 0.6) is 0 Å². The number of halogens is 4. The maximum absolute atomic E-state index is 12.6. The molecule has 0 spiro atoms. The SMILES string of the molecule is CCCCCCCCCCCCCOC=Nc1ccc(Cl)c(N=C2CC(=O)N(c3c(Cl)cc(Cl)cc3Cl)N2)c1. The van der Waals surface area contributed by atoms with E-state index < -0.39 is 0 Å². The van der Waals surface area contributed by atoms with Crippen LogP contribution in [0.4, 0.5) is 17.1 Å². The van der Waals surface area contributed by atoms with Crippen molar-refractivity contribution in [2.24, 2.45) is 9.98 Å². The van der Waals surface area contributed by atoms with Gasteiger partial charge in [0.05, 0.1) is 39.5 Å². The van der Waals surface area contributed by atoms with Crippen molar-refractivity contribution in [3.05, 3.63) is 50.4 Å². The number of aliphatic imine (C=N–C) groups is 2. The number of ether oxygens (including phenoxy) is 1. The Morgan fingerprint density at radius 1 is 0.872 bits per heavy atom. The second kappa shape index (κ2) is 17.0. The number of hydrazine groups is 1. The largest absolute Gasteiger partial charge is 0.483 e. The van der Waals surface area contributed by atoms with Gasteiger partial charge in [0.15, 0.2) is 6.40 Å². The minimum atomic E-state index is -0.263. The van der Waals surface area contributed by atoms with E-state index in [1.54, 1.807) is 18.2 Å². The van der Waals surface area contributed by atoms with Gasteiger partial charge in [0, 0.05) is 5.02 Å². The Balaban J connectivity index is 1.43. The zero-order chi connectivity index (χ0) is 28.0. The number of hydrogen-bond donors (Lipinski definition) is 1. The Morgan fingerprint density at radius 2 is 1.49 bits per heavy atom. The number of unbranched alkanes of at least 4 members (excludes halogenated alkanes) is 10. The van der Waals surface area contributed by atoms with Crippen LogP contribution in [0.3, 0.4) is 0 Å². The lowest BCUT2D eigenvalue weighted by Crippen LogP contribution is -2.36. The van der Waals surface area contributed by atoms with E-state index in [1.807, 2.05) is 0 Å². The van der Waals surface area contributed by atoms with Gasteiger partial charge in [-0.1, -0.05) is 118 Å². The molecule has 0 unspecified atom stereocenters. The molecule has 1 fully saturated rings. The second-order valence-corrected chi connectivity index (χ2v) is 11.2. The quantitative estimate of drug-likeness (QED) is 0.116. The summed E-state index contributed by atoms with van der Waals surface area (Å²) in [5, 5.41) is 2.56. The van der Waals surface area contributed by atoms with Crippen molar-refractivity contribution >= 4 is 81.6 Å². The van der Waals surface area contributed by atoms with Crippen molar-refractivity contribution in [2.75, 3.05) is 11.6 Å². The summed E-state index contributed by atoms with van der Waals surface area (Å²) in [4.78, 5) is 21.5. The molecular weight excluding hydrogens is 578 g/mol. The third-order valence-corrected chi connectivity index (χ3v) is 7.46. The molecule has 0 aromatic heterocycles. The van der Waals surface area contributed by atoms with Crippen molar-refractivity contribution in [3.63, 3.8) is 0 Å². The minimum absolute atomic E-state index is 0.0289. The van der Waals surface area contributed by atoms with Crippen molar-refractivity contribution in [1.82, 2.24) is 5.43 Å². The molecule has 1 saturated heterocycles. The lowest BCUT2D eigenvalue weighted by Gasteiger charge is -2.19. The molecule has 10 heteroatoms. The number of nitrogens with one attached hydrogen (secondary N) is 1. The zero-order valence-electron chi connectivity index (χ0n) is 22.3. The number of carbonyl (C=O) groups is 1. The van der Waals surface area contributed by atoms with Crippen LogP contribution >= 0.6 is 46.4 Å². The monoisotopic (exact) mass is 612 g/mol. The van der Waals surface area contributed by atoms with E-state index >= 15 is 0 Å². The summed E-state index contributed by atoms with van der Waals surface area (Å²) in [6, 6.07) is 8.26. The maximum atomic E-state index is 12.6. The van der Waals surface area contributed by atoms with Gasteiger partial charge in [-0.25, -0.2) is 15.0 Å². The van der Waals surface area contributed by atoms with Gasteiger partial charge in [-0.3, -0.25) is 10.2 Å². The van der Waals surface area contributed by atoms with E-state index in [1.165, 1.54) is 87.8 Å². The first-order chi connectivity index (χ1) is 18.9. The molecule has 0 atom stereocenters. The lowest BCUT2D eigenvalue weighted by atomic mass is 10.1. The highest BCUT2D eigenvalue weighted by atomic mass is 35.5. The number of carbonyl (C=O) groups excluding carboxylic acids is 1. The van der Waals surface area contributed by atoms with Gasteiger partial charge >= 0.3 is 0 Å². The average Bonchev–Trinajstić information content (AvgIpc) is 3.24. The van der Waals surface area contributed by atoms with Gasteiger partial charge < -0.3 is 4.74 Å². The van der Waals surface area contributed by atoms with Crippen LogP contribution in [-0.4, -0.2) is 24.8 Å². The first-order valence-electron chi connectivity index (χ1n) is 13.6. The Morgan fingerprint density at radius 3 is 2.13 bits per heavy atom. The van der Waals surface area contributed by atoms with E-state index in [4.69, 9.17) is 51.1 Å². The summed E-state index contributed by atoms with van der Waals surface area (Å²) in [7, 11) is 0. The fraction of sp³-hybridized carbons (Fsp3) is 0.483. The Labute approximate surface area is 251 Å². The highest BCUT2D eigenvalue weighted by Gasteiger charge is 2.30. The van der Waals surface area contributed by atoms with E-state index in [-0.39, 0.29) is 22.4 Å². The van der Waals surface area contributed by atoms with Crippen LogP contribution in [-0.2, 0) is 9.53 Å². The summed E-state index contributed by atoms with van der Waals surface area (Å²) >= 11 is 24.9. The lowest BCUT2D eigenvalue weighted by molar-refractivity contribution is -0.116. The molecule has 1 heterocycles. The summed E-state index contributed by atoms with van der Waals surface area (Å²) in [6.07, 6.45) is 15.7. The summed E-state index contributed by atoms with van der Waals surface area (Å²) in [6.45, 7) is 2.90. The van der Waals surface area contributed by atoms with Gasteiger partial charge in [0.2, 0.25) is 0 Å². The molecule has 1 aliphatic heterocycles. The van der Waals surface area contributed by atoms with Gasteiger partial charge in [0.1, 0.15) is 11.5 Å². The fourth-order valence-electron chi connectivity index (χ4n) is 4.26. The average molecular weight is 614 g/mol. The van der Waals surface area contributed by atoms with Crippen LogP contribution in [0, 0.1) is 0 Å². The van der Waals surface area contributed by atoms with Crippen molar-refractivity contribution in [1.29, 1.82) is 0 Å². The molecular formula is C29H36Cl4N4O2. The van der Waals surface area contributed by atoms with E-state index in [9.17, 15) is 4.79 Å². The van der Waals surface area contributed by atoms with Crippen LogP contribution in [0.2, 0.25) is 20.1 Å². The molecule has 1 aliphatic rings. The predicted octanol–water partition coefficient (Wildman–Crippen LogP) is 10.3. The molecule has 0 radical (unpaired) electrons. The normalized spacial score (nSPS) is 14.5. The zero-order valence-corrected chi connectivity index (χ0v) is 25.4. The number of nitrogens with zero attached hydrogens (tertiary/aromatic N) is 3. The molecule has 0 aliphatic carbocycles. The standard InChI is InChI=1S/C29H36Cl4N4O2/c1-2-3-4-5-6-7-8-9-10-11-12-15-39-20-34-22-13-14-23(31)26(18-22)35-27-19-28(38)37(36-27)29-24(32)16-21(30)17-25(29)33/h13-14,16-18,20H,2-12,15,19H2,1H3,(H,35,36). The van der Waals surface area contributed by atoms with E-state index in [0.29, 0.717) is 39.5 Å². The van der Waals surface area contributed by atoms with Crippen LogP contribution in [0.15, 0.2) is 40.3 Å². The fourth-order valence-corrected chi connectivity index (χ4v) is 5.41. The highest BCUT2D eigenvalue weighted by molar-refractivity contribution is 6.42. The molecule has 6 nitrogen and oxygen atoms in total. The van der Waals surface area contributed by atoms with Crippen LogP contribution in [0.25, 0.3) is 0 Å². The minimum Gasteiger partial charge on any atom is -0.483 e. The molecule has 39 heavy (non-hydrogen) atoms. The molecule has 1 amide bonds. The van der Waals surface area contributed by atoms with Crippen LogP contribution < -0.4 is 10.4 Å². The number of amides is 1. The number of anilines is 1. The van der Waals surface area contributed by atoms with Crippen molar-refractivity contribution < 1.29 is 9.53 Å². The third-order valence-electron chi connectivity index (χ3n) is 6.34. The van der Waals surface area contributed by atoms with Gasteiger partial charge in [-0.2, -0.15) is 0 Å². The summed E-state index contributed by atoms with van der Waals surface area (Å²) in [5.74, 6) is 0.138. The topological polar surface area (TPSA) is 66.3 Å². The Bertz CT molecular complexity index is 1130. The first kappa shape index (κ1) is 31.5. The molecule has 212 valence electrons. The number of benzene rings is 2. The van der Waals surface area contributed by atoms with Gasteiger partial charge in [-0.05, 0) is 36.8 Å². The van der Waals surface area contributed by atoms with Crippen LogP contribution in [0.1, 0.15) is 84.0 Å². The van der Waals surface area contributed by atoms with Gasteiger partial charge in [0.25, 0.3) is 5.91 Å². The maximum Gasteiger partial charge on any atom is 0.253 e. The van der Waals surface area contributed by atoms with Crippen molar-refractivity contribution in [2.45, 2.75) is 84.0 Å². The molecule has 3 rings (SSSR count). The highest BCUT2D eigenvalue weighted by Crippen LogP contribution is 2.37. The second-order valence-electron chi connectivity index (χ2n) is 9.57. The number of rotatable bonds is 16. The van der Waals surface area contributed by atoms with Gasteiger partial charge in [-0.15, -0.1) is 0 Å². The molecule has 1 N–H and O–H groups in total. The predicted molar refractivity (Wildman–Crippen MR) is 166 cm³/mol. The van der Waals surface area contributed by atoms with E-state index in [0.717, 1.165) is 6.42 Å². The third kappa shape index (κ3) is 10.5. The molecule has 2 aromatic rings. The summed E-state index contributed by atoms with van der Waals surface area (Å²) in [5.41, 5.74) is 4.38. The van der Waals surface area contributed by atoms with E-state index in [2.05, 4.69) is 22.3 Å². The molecule has 0 bridgehead atoms. The molecule has 2 aromatic carbocycles. The Kier molecular flexibility index (Phi) is 13.7. The number of hydrogen-bond acceptors (Lipinski definition) is 4. The first-order valence-corrected chi connectivity index (χ1v) is 15.2. The summed E-state index contributed by atoms with van der Waals surface area (Å²) < 4.78 is 5.57. The number of amidine groups is 1. The smallest absolute Gasteiger partial charge is 0.253 e. The Hall–Kier alpha value is -1.99.